The third-order valence-electron chi connectivity index (χ3n) is 5.93. The number of halogens is 2. The molecule has 0 aliphatic heterocycles. The maximum atomic E-state index is 12.4. The number of aromatic nitrogens is 1. The fraction of sp³-hybridized carbons (Fsp3) is 0.241. The van der Waals surface area contributed by atoms with Gasteiger partial charge >= 0.3 is 5.91 Å². The minimum absolute atomic E-state index is 0.0169. The highest BCUT2D eigenvalue weighted by Gasteiger charge is 2.13. The van der Waals surface area contributed by atoms with Crippen LogP contribution in [0, 0.1) is 13.8 Å². The number of ether oxygens (including phenoxy) is 2. The van der Waals surface area contributed by atoms with Crippen molar-refractivity contribution in [3.05, 3.63) is 99.2 Å². The van der Waals surface area contributed by atoms with Gasteiger partial charge in [-0.15, -0.1) is 0 Å². The largest absolute Gasteiger partial charge is 0.488 e. The van der Waals surface area contributed by atoms with Gasteiger partial charge in [0.25, 0.3) is 0 Å². The number of amides is 1. The molecule has 0 saturated carbocycles. The summed E-state index contributed by atoms with van der Waals surface area (Å²) in [7, 11) is 0. The molecule has 0 bridgehead atoms. The maximum absolute atomic E-state index is 12.4. The molecule has 0 fully saturated rings. The number of nitrogens with zero attached hydrogens (tertiary/aromatic N) is 2. The molecule has 4 rings (SSSR count). The molecule has 198 valence electrons. The lowest BCUT2D eigenvalue weighted by Gasteiger charge is -2.15. The number of carbonyl (C=O) groups is 1. The summed E-state index contributed by atoms with van der Waals surface area (Å²) in [6.45, 7) is 8.27. The van der Waals surface area contributed by atoms with E-state index in [0.717, 1.165) is 12.1 Å². The lowest BCUT2D eigenvalue weighted by atomic mass is 10.2. The van der Waals surface area contributed by atoms with Gasteiger partial charge in [0.2, 0.25) is 0 Å². The summed E-state index contributed by atoms with van der Waals surface area (Å²) in [5.74, 6) is 1.25. The number of benzene rings is 2. The number of aryl methyl sites for hydroxylation is 2. The summed E-state index contributed by atoms with van der Waals surface area (Å²) in [5.41, 5.74) is 6.44. The van der Waals surface area contributed by atoms with Gasteiger partial charge in [0.05, 0.1) is 22.4 Å². The molecule has 0 aliphatic rings. The zero-order chi connectivity index (χ0) is 27.2. The first kappa shape index (κ1) is 27.4. The summed E-state index contributed by atoms with van der Waals surface area (Å²) in [6, 6.07) is 18.6. The molecule has 38 heavy (non-hydrogen) atoms. The van der Waals surface area contributed by atoms with Gasteiger partial charge in [-0.05, 0) is 93.4 Å². The average Bonchev–Trinajstić information content (AvgIpc) is 3.51. The van der Waals surface area contributed by atoms with Crippen molar-refractivity contribution in [3.8, 4) is 17.2 Å². The summed E-state index contributed by atoms with van der Waals surface area (Å²) >= 11 is 12.6. The quantitative estimate of drug-likeness (QED) is 0.163. The van der Waals surface area contributed by atoms with E-state index >= 15 is 0 Å². The first-order valence-electron chi connectivity index (χ1n) is 12.2. The van der Waals surface area contributed by atoms with Crippen molar-refractivity contribution in [2.24, 2.45) is 5.10 Å². The Morgan fingerprint density at radius 1 is 1.05 bits per heavy atom. The summed E-state index contributed by atoms with van der Waals surface area (Å²) in [6.07, 6.45) is 2.25. The molecule has 0 aliphatic carbocycles. The molecule has 0 unspecified atom stereocenters. The van der Waals surface area contributed by atoms with E-state index in [4.69, 9.17) is 37.1 Å². The van der Waals surface area contributed by atoms with E-state index in [2.05, 4.69) is 41.1 Å². The number of hydrogen-bond donors (Lipinski definition) is 1. The van der Waals surface area contributed by atoms with Gasteiger partial charge in [-0.1, -0.05) is 30.1 Å². The van der Waals surface area contributed by atoms with Crippen LogP contribution >= 0.6 is 23.2 Å². The van der Waals surface area contributed by atoms with E-state index in [0.29, 0.717) is 32.9 Å². The second-order valence-electron chi connectivity index (χ2n) is 8.85. The van der Waals surface area contributed by atoms with Gasteiger partial charge in [-0.2, -0.15) is 5.10 Å². The third kappa shape index (κ3) is 6.60. The van der Waals surface area contributed by atoms with E-state index in [9.17, 15) is 4.79 Å². The summed E-state index contributed by atoms with van der Waals surface area (Å²) < 4.78 is 19.4. The van der Waals surface area contributed by atoms with Crippen LogP contribution in [0.4, 0.5) is 0 Å². The van der Waals surface area contributed by atoms with Crippen LogP contribution in [0.15, 0.2) is 70.2 Å². The van der Waals surface area contributed by atoms with Gasteiger partial charge in [0.1, 0.15) is 18.1 Å². The highest BCUT2D eigenvalue weighted by Crippen LogP contribution is 2.34. The standard InChI is InChI=1S/C29H29Cl2N3O4/c1-5-20(4)37-28-25(30)14-21(15-26(28)31)16-32-33-29(35)27-13-12-24(38-27)17-36-23-10-8-22(9-11-23)34-18(2)6-7-19(34)3/h6-16,20H,5,17H2,1-4H3,(H,33,35)/b32-16+/t20-/m0/s1. The van der Waals surface area contributed by atoms with Crippen molar-refractivity contribution in [1.29, 1.82) is 0 Å². The van der Waals surface area contributed by atoms with Crippen LogP contribution in [0.5, 0.6) is 11.5 Å². The number of rotatable bonds is 10. The second kappa shape index (κ2) is 12.2. The monoisotopic (exact) mass is 553 g/mol. The Morgan fingerprint density at radius 2 is 1.71 bits per heavy atom. The zero-order valence-corrected chi connectivity index (χ0v) is 23.1. The Kier molecular flexibility index (Phi) is 8.81. The summed E-state index contributed by atoms with van der Waals surface area (Å²) in [5, 5.41) is 4.71. The Bertz CT molecular complexity index is 1400. The van der Waals surface area contributed by atoms with Crippen molar-refractivity contribution < 1.29 is 18.7 Å². The lowest BCUT2D eigenvalue weighted by Crippen LogP contribution is -2.16. The SMILES string of the molecule is CC[C@H](C)Oc1c(Cl)cc(/C=N/NC(=O)c2ccc(COc3ccc(-n4c(C)ccc4C)cc3)o2)cc1Cl. The number of hydrazone groups is 1. The van der Waals surface area contributed by atoms with E-state index in [1.165, 1.54) is 17.6 Å². The highest BCUT2D eigenvalue weighted by atomic mass is 35.5. The van der Waals surface area contributed by atoms with Crippen molar-refractivity contribution >= 4 is 35.3 Å². The minimum Gasteiger partial charge on any atom is -0.488 e. The highest BCUT2D eigenvalue weighted by molar-refractivity contribution is 6.37. The molecular weight excluding hydrogens is 525 g/mol. The first-order chi connectivity index (χ1) is 18.2. The molecule has 7 nitrogen and oxygen atoms in total. The fourth-order valence-corrected chi connectivity index (χ4v) is 4.36. The normalized spacial score (nSPS) is 12.1. The van der Waals surface area contributed by atoms with Gasteiger partial charge in [0.15, 0.2) is 11.5 Å². The van der Waals surface area contributed by atoms with Crippen molar-refractivity contribution in [3.63, 3.8) is 0 Å². The topological polar surface area (TPSA) is 78.0 Å². The Labute approximate surface area is 232 Å². The number of nitrogens with one attached hydrogen (secondary N) is 1. The molecule has 1 N–H and O–H groups in total. The smallest absolute Gasteiger partial charge is 0.307 e. The third-order valence-corrected chi connectivity index (χ3v) is 6.49. The molecule has 4 aromatic rings. The van der Waals surface area contributed by atoms with E-state index < -0.39 is 5.91 Å². The fourth-order valence-electron chi connectivity index (χ4n) is 3.77. The van der Waals surface area contributed by atoms with Crippen LogP contribution in [-0.4, -0.2) is 22.8 Å². The number of hydrogen-bond acceptors (Lipinski definition) is 5. The predicted molar refractivity (Wildman–Crippen MR) is 150 cm³/mol. The van der Waals surface area contributed by atoms with Gasteiger partial charge < -0.3 is 18.5 Å². The van der Waals surface area contributed by atoms with Gasteiger partial charge in [0, 0.05) is 17.1 Å². The van der Waals surface area contributed by atoms with Crippen molar-refractivity contribution in [2.75, 3.05) is 0 Å². The molecule has 9 heteroatoms. The van der Waals surface area contributed by atoms with Crippen LogP contribution < -0.4 is 14.9 Å². The molecule has 2 heterocycles. The van der Waals surface area contributed by atoms with Gasteiger partial charge in [-0.3, -0.25) is 4.79 Å². The van der Waals surface area contributed by atoms with E-state index in [-0.39, 0.29) is 18.5 Å². The van der Waals surface area contributed by atoms with E-state index in [1.807, 2.05) is 38.1 Å². The first-order valence-corrected chi connectivity index (χ1v) is 13.0. The van der Waals surface area contributed by atoms with E-state index in [1.54, 1.807) is 24.3 Å². The summed E-state index contributed by atoms with van der Waals surface area (Å²) in [4.78, 5) is 12.4. The van der Waals surface area contributed by atoms with Crippen LogP contribution in [0.3, 0.4) is 0 Å². The molecule has 2 aromatic heterocycles. The van der Waals surface area contributed by atoms with Crippen LogP contribution in [0.25, 0.3) is 5.69 Å². The molecule has 1 amide bonds. The van der Waals surface area contributed by atoms with Crippen LogP contribution in [0.1, 0.15) is 53.5 Å². The predicted octanol–water partition coefficient (Wildman–Crippen LogP) is 7.51. The van der Waals surface area contributed by atoms with Gasteiger partial charge in [-0.25, -0.2) is 5.43 Å². The van der Waals surface area contributed by atoms with Crippen molar-refractivity contribution in [2.45, 2.75) is 46.8 Å². The van der Waals surface area contributed by atoms with Crippen LogP contribution in [-0.2, 0) is 6.61 Å². The minimum atomic E-state index is -0.497. The Balaban J connectivity index is 1.31. The number of furan rings is 1. The maximum Gasteiger partial charge on any atom is 0.307 e. The molecule has 2 aromatic carbocycles. The van der Waals surface area contributed by atoms with Crippen LogP contribution in [0.2, 0.25) is 10.0 Å². The molecule has 0 spiro atoms. The van der Waals surface area contributed by atoms with Crippen molar-refractivity contribution in [1.82, 2.24) is 9.99 Å². The molecule has 0 saturated heterocycles. The Morgan fingerprint density at radius 3 is 2.34 bits per heavy atom. The molecule has 1 atom stereocenters. The molecular formula is C29H29Cl2N3O4. The lowest BCUT2D eigenvalue weighted by molar-refractivity contribution is 0.0923. The number of carbonyl (C=O) groups excluding carboxylic acids is 1. The zero-order valence-electron chi connectivity index (χ0n) is 21.6. The average molecular weight is 554 g/mol. The molecule has 0 radical (unpaired) electrons. The second-order valence-corrected chi connectivity index (χ2v) is 9.66. The Hall–Kier alpha value is -3.68.